The molecular formula is C16H20Cl3N5O. The minimum Gasteiger partial charge on any atom is -0.348 e. The molecule has 1 atom stereocenters. The van der Waals surface area contributed by atoms with Gasteiger partial charge in [-0.25, -0.2) is 9.67 Å². The number of hydrogen-bond acceptors (Lipinski definition) is 4. The van der Waals surface area contributed by atoms with Crippen LogP contribution in [-0.4, -0.2) is 39.8 Å². The molecule has 1 aromatic heterocycles. The number of aromatic nitrogens is 3. The van der Waals surface area contributed by atoms with E-state index in [1.165, 1.54) is 0 Å². The molecule has 1 fully saturated rings. The van der Waals surface area contributed by atoms with Crippen LogP contribution in [0.5, 0.6) is 0 Å². The molecule has 1 unspecified atom stereocenters. The van der Waals surface area contributed by atoms with E-state index in [9.17, 15) is 4.79 Å². The highest BCUT2D eigenvalue weighted by atomic mass is 35.5. The van der Waals surface area contributed by atoms with Crippen molar-refractivity contribution in [3.8, 4) is 5.69 Å². The van der Waals surface area contributed by atoms with Crippen LogP contribution in [-0.2, 0) is 6.42 Å². The van der Waals surface area contributed by atoms with Gasteiger partial charge in [0.1, 0.15) is 11.5 Å². The standard InChI is InChI=1S/C16H19Cl2N5O.ClH/c1-2-13-21-15(16(24)20-9-10-5-4-8-19-10)22-23(13)14-11(17)6-3-7-12(14)18;/h3,6-7,10,19H,2,4-5,8-9H2,1H3,(H,20,24);1H. The molecule has 3 rings (SSSR count). The quantitative estimate of drug-likeness (QED) is 0.803. The van der Waals surface area contributed by atoms with Crippen LogP contribution in [0.4, 0.5) is 0 Å². The van der Waals surface area contributed by atoms with Crippen molar-refractivity contribution >= 4 is 41.5 Å². The lowest BCUT2D eigenvalue weighted by Gasteiger charge is -2.10. The molecule has 0 bridgehead atoms. The monoisotopic (exact) mass is 403 g/mol. The fourth-order valence-electron chi connectivity index (χ4n) is 2.77. The summed E-state index contributed by atoms with van der Waals surface area (Å²) >= 11 is 12.5. The van der Waals surface area contributed by atoms with Gasteiger partial charge in [0.2, 0.25) is 5.82 Å². The zero-order chi connectivity index (χ0) is 17.1. The molecule has 1 amide bonds. The van der Waals surface area contributed by atoms with E-state index in [2.05, 4.69) is 20.7 Å². The summed E-state index contributed by atoms with van der Waals surface area (Å²) in [6.07, 6.45) is 2.81. The van der Waals surface area contributed by atoms with E-state index in [-0.39, 0.29) is 24.1 Å². The molecular weight excluding hydrogens is 385 g/mol. The number of rotatable bonds is 5. The van der Waals surface area contributed by atoms with Crippen molar-refractivity contribution in [2.75, 3.05) is 13.1 Å². The Labute approximate surface area is 162 Å². The predicted octanol–water partition coefficient (Wildman–Crippen LogP) is 3.04. The molecule has 2 N–H and O–H groups in total. The van der Waals surface area contributed by atoms with E-state index < -0.39 is 0 Å². The Morgan fingerprint density at radius 1 is 1.40 bits per heavy atom. The molecule has 6 nitrogen and oxygen atoms in total. The Bertz CT molecular complexity index is 723. The number of benzene rings is 1. The maximum atomic E-state index is 12.3. The lowest BCUT2D eigenvalue weighted by atomic mass is 10.2. The summed E-state index contributed by atoms with van der Waals surface area (Å²) < 4.78 is 1.55. The molecule has 0 aliphatic carbocycles. The van der Waals surface area contributed by atoms with E-state index >= 15 is 0 Å². The highest BCUT2D eigenvalue weighted by Gasteiger charge is 2.21. The van der Waals surface area contributed by atoms with Crippen LogP contribution in [0.2, 0.25) is 10.0 Å². The number of amides is 1. The molecule has 2 aromatic rings. The van der Waals surface area contributed by atoms with Crippen LogP contribution in [0.15, 0.2) is 18.2 Å². The third-order valence-corrected chi connectivity index (χ3v) is 4.62. The molecule has 1 saturated heterocycles. The van der Waals surface area contributed by atoms with E-state index in [0.29, 0.717) is 40.6 Å². The molecule has 1 aliphatic heterocycles. The molecule has 1 aliphatic rings. The summed E-state index contributed by atoms with van der Waals surface area (Å²) in [7, 11) is 0. The van der Waals surface area contributed by atoms with E-state index in [4.69, 9.17) is 23.2 Å². The van der Waals surface area contributed by atoms with Crippen molar-refractivity contribution < 1.29 is 4.79 Å². The topological polar surface area (TPSA) is 71.8 Å². The fourth-order valence-corrected chi connectivity index (χ4v) is 3.32. The largest absolute Gasteiger partial charge is 0.348 e. The van der Waals surface area contributed by atoms with Crippen molar-refractivity contribution in [2.24, 2.45) is 0 Å². The van der Waals surface area contributed by atoms with Crippen LogP contribution >= 0.6 is 35.6 Å². The zero-order valence-electron chi connectivity index (χ0n) is 13.8. The number of nitrogens with zero attached hydrogens (tertiary/aromatic N) is 3. The summed E-state index contributed by atoms with van der Waals surface area (Å²) in [5, 5.41) is 11.5. The molecule has 1 aromatic carbocycles. The van der Waals surface area contributed by atoms with Gasteiger partial charge in [0.05, 0.1) is 10.0 Å². The summed E-state index contributed by atoms with van der Waals surface area (Å²) in [5.41, 5.74) is 0.543. The molecule has 0 saturated carbocycles. The fraction of sp³-hybridized carbons (Fsp3) is 0.438. The number of para-hydroxylation sites is 1. The van der Waals surface area contributed by atoms with Gasteiger partial charge >= 0.3 is 0 Å². The van der Waals surface area contributed by atoms with Gasteiger partial charge in [0.25, 0.3) is 5.91 Å². The van der Waals surface area contributed by atoms with Gasteiger partial charge in [-0.1, -0.05) is 36.2 Å². The van der Waals surface area contributed by atoms with Gasteiger partial charge in [-0.05, 0) is 31.5 Å². The minimum absolute atomic E-state index is 0. The lowest BCUT2D eigenvalue weighted by molar-refractivity contribution is 0.0940. The SMILES string of the molecule is CCc1nc(C(=O)NCC2CCCN2)nn1-c1c(Cl)cccc1Cl.Cl. The highest BCUT2D eigenvalue weighted by Crippen LogP contribution is 2.28. The number of hydrogen-bond donors (Lipinski definition) is 2. The maximum Gasteiger partial charge on any atom is 0.291 e. The van der Waals surface area contributed by atoms with Crippen molar-refractivity contribution in [3.63, 3.8) is 0 Å². The van der Waals surface area contributed by atoms with Crippen molar-refractivity contribution in [2.45, 2.75) is 32.2 Å². The van der Waals surface area contributed by atoms with Crippen LogP contribution in [0, 0.1) is 0 Å². The third kappa shape index (κ3) is 4.44. The average molecular weight is 405 g/mol. The number of nitrogens with one attached hydrogen (secondary N) is 2. The van der Waals surface area contributed by atoms with Gasteiger partial charge in [0, 0.05) is 19.0 Å². The summed E-state index contributed by atoms with van der Waals surface area (Å²) in [5.74, 6) is 0.468. The van der Waals surface area contributed by atoms with Gasteiger partial charge in [-0.2, -0.15) is 0 Å². The average Bonchev–Trinajstić information content (AvgIpc) is 3.22. The van der Waals surface area contributed by atoms with Gasteiger partial charge < -0.3 is 10.6 Å². The first-order valence-corrected chi connectivity index (χ1v) is 8.77. The summed E-state index contributed by atoms with van der Waals surface area (Å²) in [6.45, 7) is 3.51. The Balaban J connectivity index is 0.00000225. The third-order valence-electron chi connectivity index (χ3n) is 4.01. The number of halogens is 3. The Hall–Kier alpha value is -1.34. The second-order valence-electron chi connectivity index (χ2n) is 5.69. The normalized spacial score (nSPS) is 16.5. The Morgan fingerprint density at radius 3 is 2.72 bits per heavy atom. The van der Waals surface area contributed by atoms with Crippen LogP contribution < -0.4 is 10.6 Å². The molecule has 0 spiro atoms. The number of carbonyl (C=O) groups excluding carboxylic acids is 1. The predicted molar refractivity (Wildman–Crippen MR) is 101 cm³/mol. The van der Waals surface area contributed by atoms with E-state index in [1.807, 2.05) is 6.92 Å². The second-order valence-corrected chi connectivity index (χ2v) is 6.50. The Morgan fingerprint density at radius 2 is 2.12 bits per heavy atom. The highest BCUT2D eigenvalue weighted by molar-refractivity contribution is 6.37. The number of aryl methyl sites for hydroxylation is 1. The van der Waals surface area contributed by atoms with Gasteiger partial charge in [0.15, 0.2) is 0 Å². The number of carbonyl (C=O) groups is 1. The first-order chi connectivity index (χ1) is 11.6. The molecule has 136 valence electrons. The Kier molecular flexibility index (Phi) is 7.07. The smallest absolute Gasteiger partial charge is 0.291 e. The van der Waals surface area contributed by atoms with Gasteiger partial charge in [-0.3, -0.25) is 4.79 Å². The van der Waals surface area contributed by atoms with Crippen molar-refractivity contribution in [3.05, 3.63) is 39.9 Å². The molecule has 9 heteroatoms. The summed E-state index contributed by atoms with van der Waals surface area (Å²) in [6, 6.07) is 5.55. The first kappa shape index (κ1) is 20.0. The second kappa shape index (κ2) is 8.85. The maximum absolute atomic E-state index is 12.3. The lowest BCUT2D eigenvalue weighted by Crippen LogP contribution is -2.37. The zero-order valence-corrected chi connectivity index (χ0v) is 16.1. The molecule has 0 radical (unpaired) electrons. The van der Waals surface area contributed by atoms with E-state index in [1.54, 1.807) is 22.9 Å². The minimum atomic E-state index is -0.291. The van der Waals surface area contributed by atoms with E-state index in [0.717, 1.165) is 19.4 Å². The van der Waals surface area contributed by atoms with Crippen molar-refractivity contribution in [1.29, 1.82) is 0 Å². The van der Waals surface area contributed by atoms with Gasteiger partial charge in [-0.15, -0.1) is 17.5 Å². The van der Waals surface area contributed by atoms with Crippen LogP contribution in [0.1, 0.15) is 36.2 Å². The molecule has 2 heterocycles. The summed E-state index contributed by atoms with van der Waals surface area (Å²) in [4.78, 5) is 16.7. The van der Waals surface area contributed by atoms with Crippen LogP contribution in [0.25, 0.3) is 5.69 Å². The van der Waals surface area contributed by atoms with Crippen LogP contribution in [0.3, 0.4) is 0 Å². The first-order valence-electron chi connectivity index (χ1n) is 8.02. The van der Waals surface area contributed by atoms with Crippen molar-refractivity contribution in [1.82, 2.24) is 25.4 Å². The molecule has 25 heavy (non-hydrogen) atoms.